The number of rotatable bonds is 8. The Balaban J connectivity index is 2.35. The van der Waals surface area contributed by atoms with Crippen molar-refractivity contribution in [3.63, 3.8) is 0 Å². The molecule has 0 spiro atoms. The molecule has 7 nitrogen and oxygen atoms in total. The van der Waals surface area contributed by atoms with Gasteiger partial charge < -0.3 is 25.6 Å². The highest BCUT2D eigenvalue weighted by molar-refractivity contribution is 5.79. The highest BCUT2D eigenvalue weighted by atomic mass is 19.1. The van der Waals surface area contributed by atoms with Gasteiger partial charge in [0, 0.05) is 38.8 Å². The third kappa shape index (κ3) is 10.1. The van der Waals surface area contributed by atoms with Crippen molar-refractivity contribution in [1.29, 1.82) is 0 Å². The van der Waals surface area contributed by atoms with Crippen molar-refractivity contribution >= 4 is 12.1 Å². The second-order valence-corrected chi connectivity index (χ2v) is 7.80. The summed E-state index contributed by atoms with van der Waals surface area (Å²) < 4.78 is 19.0. The van der Waals surface area contributed by atoms with Gasteiger partial charge in [-0.15, -0.1) is 0 Å². The predicted molar refractivity (Wildman–Crippen MR) is 111 cm³/mol. The highest BCUT2D eigenvalue weighted by Crippen LogP contribution is 2.12. The molecule has 158 valence electrons. The van der Waals surface area contributed by atoms with Crippen LogP contribution in [0.5, 0.6) is 0 Å². The van der Waals surface area contributed by atoms with E-state index in [-0.39, 0.29) is 5.82 Å². The number of nitrogens with one attached hydrogen (secondary N) is 3. The quantitative estimate of drug-likeness (QED) is 0.358. The van der Waals surface area contributed by atoms with Gasteiger partial charge in [-0.1, -0.05) is 6.07 Å². The molecule has 1 aromatic rings. The molecule has 0 aromatic heterocycles. The molecule has 1 rings (SSSR count). The van der Waals surface area contributed by atoms with Crippen molar-refractivity contribution in [3.8, 4) is 0 Å². The second kappa shape index (κ2) is 11.5. The molecule has 0 aliphatic rings. The number of halogens is 1. The van der Waals surface area contributed by atoms with Gasteiger partial charge in [-0.3, -0.25) is 4.99 Å². The summed E-state index contributed by atoms with van der Waals surface area (Å²) >= 11 is 0. The standard InChI is InChI=1S/C20H34FN5O2/c1-20(2,3)28-19(27)24-11-7-10-23-18(22-4)25-13-15-8-9-17(21)16(12-15)14-26(5)6/h8-9,12H,7,10-11,13-14H2,1-6H3,(H,24,27)(H2,22,23,25). The van der Waals surface area contributed by atoms with Crippen molar-refractivity contribution in [3.05, 3.63) is 35.1 Å². The molecule has 0 atom stereocenters. The molecule has 0 radical (unpaired) electrons. The molecule has 0 saturated heterocycles. The lowest BCUT2D eigenvalue weighted by molar-refractivity contribution is 0.0527. The zero-order valence-corrected chi connectivity index (χ0v) is 17.9. The van der Waals surface area contributed by atoms with Crippen LogP contribution in [-0.4, -0.2) is 56.8 Å². The third-order valence-electron chi connectivity index (χ3n) is 3.59. The first kappa shape index (κ1) is 23.7. The number of alkyl carbamates (subject to hydrolysis) is 1. The maximum Gasteiger partial charge on any atom is 0.407 e. The van der Waals surface area contributed by atoms with E-state index < -0.39 is 11.7 Å². The van der Waals surface area contributed by atoms with Crippen LogP contribution in [0, 0.1) is 5.82 Å². The first-order chi connectivity index (χ1) is 13.1. The molecule has 28 heavy (non-hydrogen) atoms. The van der Waals surface area contributed by atoms with Crippen LogP contribution >= 0.6 is 0 Å². The normalized spacial score (nSPS) is 12.1. The monoisotopic (exact) mass is 395 g/mol. The lowest BCUT2D eigenvalue weighted by atomic mass is 10.1. The maximum atomic E-state index is 13.9. The van der Waals surface area contributed by atoms with Crippen LogP contribution < -0.4 is 16.0 Å². The molecule has 1 aromatic carbocycles. The number of hydrogen-bond acceptors (Lipinski definition) is 4. The lowest BCUT2D eigenvalue weighted by Crippen LogP contribution is -2.39. The molecule has 0 unspecified atom stereocenters. The van der Waals surface area contributed by atoms with Crippen molar-refractivity contribution in [2.24, 2.45) is 4.99 Å². The molecule has 0 fully saturated rings. The first-order valence-corrected chi connectivity index (χ1v) is 9.44. The zero-order valence-electron chi connectivity index (χ0n) is 17.9. The van der Waals surface area contributed by atoms with E-state index in [2.05, 4.69) is 20.9 Å². The van der Waals surface area contributed by atoms with Gasteiger partial charge >= 0.3 is 6.09 Å². The van der Waals surface area contributed by atoms with Crippen LogP contribution in [0.4, 0.5) is 9.18 Å². The Morgan fingerprint density at radius 3 is 2.46 bits per heavy atom. The summed E-state index contributed by atoms with van der Waals surface area (Å²) in [5, 5.41) is 9.11. The van der Waals surface area contributed by atoms with E-state index in [4.69, 9.17) is 4.74 Å². The molecule has 0 bridgehead atoms. The van der Waals surface area contributed by atoms with Crippen molar-refractivity contribution in [2.45, 2.75) is 45.9 Å². The van der Waals surface area contributed by atoms with Crippen LogP contribution in [-0.2, 0) is 17.8 Å². The van der Waals surface area contributed by atoms with Crippen LogP contribution in [0.25, 0.3) is 0 Å². The van der Waals surface area contributed by atoms with E-state index in [1.165, 1.54) is 6.07 Å². The molecule has 8 heteroatoms. The SMILES string of the molecule is CN=C(NCCCNC(=O)OC(C)(C)C)NCc1ccc(F)c(CN(C)C)c1. The van der Waals surface area contributed by atoms with Gasteiger partial charge in [0.15, 0.2) is 5.96 Å². The molecule has 0 heterocycles. The number of hydrogen-bond donors (Lipinski definition) is 3. The molecule has 0 aliphatic heterocycles. The van der Waals surface area contributed by atoms with Gasteiger partial charge in [0.25, 0.3) is 0 Å². The lowest BCUT2D eigenvalue weighted by Gasteiger charge is -2.19. The number of carbonyl (C=O) groups is 1. The summed E-state index contributed by atoms with van der Waals surface area (Å²) in [5.41, 5.74) is 1.15. The largest absolute Gasteiger partial charge is 0.444 e. The summed E-state index contributed by atoms with van der Waals surface area (Å²) in [6.07, 6.45) is 0.309. The van der Waals surface area contributed by atoms with Gasteiger partial charge in [0.1, 0.15) is 11.4 Å². The maximum absolute atomic E-state index is 13.9. The Bertz CT molecular complexity index is 656. The van der Waals surface area contributed by atoms with Gasteiger partial charge in [0.2, 0.25) is 0 Å². The van der Waals surface area contributed by atoms with Crippen molar-refractivity contribution < 1.29 is 13.9 Å². The second-order valence-electron chi connectivity index (χ2n) is 7.80. The minimum atomic E-state index is -0.499. The van der Waals surface area contributed by atoms with E-state index in [1.54, 1.807) is 13.1 Å². The van der Waals surface area contributed by atoms with Gasteiger partial charge in [-0.05, 0) is 59.0 Å². The van der Waals surface area contributed by atoms with E-state index >= 15 is 0 Å². The molecular weight excluding hydrogens is 361 g/mol. The summed E-state index contributed by atoms with van der Waals surface area (Å²) in [6.45, 7) is 7.72. The minimum absolute atomic E-state index is 0.197. The van der Waals surface area contributed by atoms with E-state index in [0.717, 1.165) is 12.0 Å². The van der Waals surface area contributed by atoms with Crippen LogP contribution in [0.15, 0.2) is 23.2 Å². The Morgan fingerprint density at radius 1 is 1.18 bits per heavy atom. The number of nitrogens with zero attached hydrogens (tertiary/aromatic N) is 2. The van der Waals surface area contributed by atoms with Gasteiger partial charge in [-0.2, -0.15) is 0 Å². The summed E-state index contributed by atoms with van der Waals surface area (Å²) in [4.78, 5) is 17.7. The topological polar surface area (TPSA) is 78.0 Å². The average Bonchev–Trinajstić information content (AvgIpc) is 2.58. The average molecular weight is 396 g/mol. The number of guanidine groups is 1. The summed E-state index contributed by atoms with van der Waals surface area (Å²) in [5.74, 6) is 0.452. The Hall–Kier alpha value is -2.35. The number of aliphatic imine (C=N–C) groups is 1. The highest BCUT2D eigenvalue weighted by Gasteiger charge is 2.15. The van der Waals surface area contributed by atoms with E-state index in [9.17, 15) is 9.18 Å². The number of carbonyl (C=O) groups excluding carboxylic acids is 1. The van der Waals surface area contributed by atoms with Gasteiger partial charge in [-0.25, -0.2) is 9.18 Å². The minimum Gasteiger partial charge on any atom is -0.444 e. The molecule has 1 amide bonds. The summed E-state index contributed by atoms with van der Waals surface area (Å²) in [7, 11) is 5.51. The number of benzene rings is 1. The zero-order chi connectivity index (χ0) is 21.2. The van der Waals surface area contributed by atoms with Crippen molar-refractivity contribution in [2.75, 3.05) is 34.2 Å². The fourth-order valence-electron chi connectivity index (χ4n) is 2.41. The Kier molecular flexibility index (Phi) is 9.72. The van der Waals surface area contributed by atoms with Crippen molar-refractivity contribution in [1.82, 2.24) is 20.9 Å². The number of amides is 1. The summed E-state index contributed by atoms with van der Waals surface area (Å²) in [6, 6.07) is 5.12. The smallest absolute Gasteiger partial charge is 0.407 e. The Labute approximate surface area is 167 Å². The molecule has 0 aliphatic carbocycles. The first-order valence-electron chi connectivity index (χ1n) is 9.44. The molecule has 3 N–H and O–H groups in total. The van der Waals surface area contributed by atoms with Crippen LogP contribution in [0.2, 0.25) is 0 Å². The predicted octanol–water partition coefficient (Wildman–Crippen LogP) is 2.47. The fraction of sp³-hybridized carbons (Fsp3) is 0.600. The van der Waals surface area contributed by atoms with Crippen LogP contribution in [0.3, 0.4) is 0 Å². The van der Waals surface area contributed by atoms with E-state index in [1.807, 2.05) is 45.8 Å². The van der Waals surface area contributed by atoms with Crippen LogP contribution in [0.1, 0.15) is 38.3 Å². The van der Waals surface area contributed by atoms with E-state index in [0.29, 0.717) is 37.7 Å². The Morgan fingerprint density at radius 2 is 1.86 bits per heavy atom. The fourth-order valence-corrected chi connectivity index (χ4v) is 2.41. The number of ether oxygens (including phenoxy) is 1. The van der Waals surface area contributed by atoms with Gasteiger partial charge in [0.05, 0.1) is 0 Å². The molecular formula is C20H34FN5O2. The third-order valence-corrected chi connectivity index (χ3v) is 3.59. The molecule has 0 saturated carbocycles.